The second-order valence-electron chi connectivity index (χ2n) is 6.91. The molecular formula is C21H17N5O2S. The molecule has 0 amide bonds. The lowest BCUT2D eigenvalue weighted by Gasteiger charge is -2.07. The number of nitrogens with zero attached hydrogens (tertiary/aromatic N) is 2. The molecule has 0 radical (unpaired) electrons. The topological polar surface area (TPSA) is 104 Å². The largest absolute Gasteiger partial charge is 0.346 e. The van der Waals surface area contributed by atoms with Crippen LogP contribution in [0.2, 0.25) is 0 Å². The fourth-order valence-corrected chi connectivity index (χ4v) is 4.03. The van der Waals surface area contributed by atoms with Crippen LogP contribution in [-0.4, -0.2) is 34.6 Å². The Balaban J connectivity index is 1.60. The highest BCUT2D eigenvalue weighted by Gasteiger charge is 2.11. The number of imidazole rings is 1. The lowest BCUT2D eigenvalue weighted by molar-refractivity contribution is 0.607. The molecule has 0 saturated carbocycles. The highest BCUT2D eigenvalue weighted by molar-refractivity contribution is 7.92. The third kappa shape index (κ3) is 3.34. The predicted molar refractivity (Wildman–Crippen MR) is 115 cm³/mol. The number of fused-ring (bicyclic) bond motifs is 2. The smallest absolute Gasteiger partial charge is 0.229 e. The molecular weight excluding hydrogens is 386 g/mol. The first-order valence-corrected chi connectivity index (χ1v) is 10.8. The minimum Gasteiger partial charge on any atom is -0.346 e. The third-order valence-electron chi connectivity index (χ3n) is 4.76. The van der Waals surface area contributed by atoms with Gasteiger partial charge in [0.05, 0.1) is 23.6 Å². The number of hydrogen-bond acceptors (Lipinski definition) is 4. The van der Waals surface area contributed by atoms with Crippen LogP contribution in [0.5, 0.6) is 0 Å². The molecule has 3 N–H and O–H groups in total. The van der Waals surface area contributed by atoms with Crippen LogP contribution >= 0.6 is 0 Å². The summed E-state index contributed by atoms with van der Waals surface area (Å²) in [5.74, 6) is 0. The number of H-pyrrole nitrogens is 2. The molecule has 0 saturated heterocycles. The van der Waals surface area contributed by atoms with Gasteiger partial charge >= 0.3 is 0 Å². The SMILES string of the molecule is CS(=O)(=O)Nc1cccc(-c2cnc3[nH]cc(-c4ccc5[nH]cnc5c4)c3c2)c1. The number of nitrogens with one attached hydrogen (secondary N) is 3. The predicted octanol–water partition coefficient (Wildman–Crippen LogP) is 4.14. The Bertz CT molecular complexity index is 1470. The van der Waals surface area contributed by atoms with Gasteiger partial charge in [-0.05, 0) is 41.5 Å². The number of anilines is 1. The van der Waals surface area contributed by atoms with Gasteiger partial charge in [0.15, 0.2) is 0 Å². The van der Waals surface area contributed by atoms with E-state index in [1.807, 2.05) is 36.5 Å². The van der Waals surface area contributed by atoms with Crippen LogP contribution in [0.25, 0.3) is 44.3 Å². The monoisotopic (exact) mass is 403 g/mol. The Kier molecular flexibility index (Phi) is 3.88. The maximum atomic E-state index is 11.5. The van der Waals surface area contributed by atoms with Crippen LogP contribution < -0.4 is 4.72 Å². The van der Waals surface area contributed by atoms with Crippen molar-refractivity contribution >= 4 is 37.8 Å². The average Bonchev–Trinajstić information content (AvgIpc) is 3.32. The second kappa shape index (κ2) is 6.46. The van der Waals surface area contributed by atoms with E-state index in [0.29, 0.717) is 5.69 Å². The number of pyridine rings is 1. The van der Waals surface area contributed by atoms with Gasteiger partial charge in [0, 0.05) is 34.6 Å². The average molecular weight is 403 g/mol. The number of rotatable bonds is 4. The van der Waals surface area contributed by atoms with Crippen LogP contribution in [0.4, 0.5) is 5.69 Å². The molecule has 0 spiro atoms. The van der Waals surface area contributed by atoms with Crippen molar-refractivity contribution in [2.24, 2.45) is 0 Å². The van der Waals surface area contributed by atoms with Crippen LogP contribution in [-0.2, 0) is 10.0 Å². The van der Waals surface area contributed by atoms with Gasteiger partial charge in [-0.3, -0.25) is 4.72 Å². The standard InChI is InChI=1S/C21H17N5O2S/c1-29(27,28)26-16-4-2-3-13(7-16)15-8-17-18(11-23-21(17)22-10-15)14-5-6-19-20(9-14)25-12-24-19/h2-12,26H,1H3,(H,22,23)(H,24,25). The second-order valence-corrected chi connectivity index (χ2v) is 8.66. The van der Waals surface area contributed by atoms with Gasteiger partial charge in [0.1, 0.15) is 5.65 Å². The molecule has 3 aromatic heterocycles. The Hall–Kier alpha value is -3.65. The molecule has 0 aliphatic rings. The molecule has 5 aromatic rings. The van der Waals surface area contributed by atoms with Crippen molar-refractivity contribution in [1.29, 1.82) is 0 Å². The fourth-order valence-electron chi connectivity index (χ4n) is 3.48. The van der Waals surface area contributed by atoms with Crippen molar-refractivity contribution in [3.05, 3.63) is 67.3 Å². The highest BCUT2D eigenvalue weighted by Crippen LogP contribution is 2.32. The van der Waals surface area contributed by atoms with Crippen LogP contribution in [0, 0.1) is 0 Å². The fraction of sp³-hybridized carbons (Fsp3) is 0.0476. The summed E-state index contributed by atoms with van der Waals surface area (Å²) >= 11 is 0. The molecule has 144 valence electrons. The van der Waals surface area contributed by atoms with Crippen LogP contribution in [0.3, 0.4) is 0 Å². The first-order chi connectivity index (χ1) is 14.0. The van der Waals surface area contributed by atoms with Crippen molar-refractivity contribution in [2.45, 2.75) is 0 Å². The minimum absolute atomic E-state index is 0.517. The Labute approximate surface area is 166 Å². The van der Waals surface area contributed by atoms with Gasteiger partial charge in [-0.15, -0.1) is 0 Å². The maximum Gasteiger partial charge on any atom is 0.229 e. The summed E-state index contributed by atoms with van der Waals surface area (Å²) in [7, 11) is -3.34. The van der Waals surface area contributed by atoms with Gasteiger partial charge in [0.25, 0.3) is 0 Å². The van der Waals surface area contributed by atoms with E-state index in [0.717, 1.165) is 50.6 Å². The molecule has 0 aliphatic heterocycles. The molecule has 0 fully saturated rings. The zero-order valence-corrected chi connectivity index (χ0v) is 16.3. The zero-order valence-electron chi connectivity index (χ0n) is 15.5. The quantitative estimate of drug-likeness (QED) is 0.419. The molecule has 0 atom stereocenters. The number of aromatic nitrogens is 4. The molecule has 8 heteroatoms. The van der Waals surface area contributed by atoms with E-state index < -0.39 is 10.0 Å². The zero-order chi connectivity index (χ0) is 20.0. The van der Waals surface area contributed by atoms with Gasteiger partial charge in [0.2, 0.25) is 10.0 Å². The van der Waals surface area contributed by atoms with Crippen molar-refractivity contribution in [3.8, 4) is 22.3 Å². The number of aromatic amines is 2. The lowest BCUT2D eigenvalue weighted by atomic mass is 10.0. The van der Waals surface area contributed by atoms with E-state index in [-0.39, 0.29) is 0 Å². The highest BCUT2D eigenvalue weighted by atomic mass is 32.2. The van der Waals surface area contributed by atoms with E-state index in [2.05, 4.69) is 30.7 Å². The van der Waals surface area contributed by atoms with E-state index in [9.17, 15) is 8.42 Å². The lowest BCUT2D eigenvalue weighted by Crippen LogP contribution is -2.09. The molecule has 0 unspecified atom stereocenters. The summed E-state index contributed by atoms with van der Waals surface area (Å²) in [5, 5.41) is 0.985. The van der Waals surface area contributed by atoms with Gasteiger partial charge in [-0.2, -0.15) is 0 Å². The van der Waals surface area contributed by atoms with Crippen molar-refractivity contribution in [1.82, 2.24) is 19.9 Å². The van der Waals surface area contributed by atoms with Crippen molar-refractivity contribution < 1.29 is 8.42 Å². The Morgan fingerprint density at radius 3 is 2.69 bits per heavy atom. The van der Waals surface area contributed by atoms with E-state index >= 15 is 0 Å². The van der Waals surface area contributed by atoms with Gasteiger partial charge in [-0.25, -0.2) is 18.4 Å². The first kappa shape index (κ1) is 17.4. The summed E-state index contributed by atoms with van der Waals surface area (Å²) in [5.41, 5.74) is 7.05. The summed E-state index contributed by atoms with van der Waals surface area (Å²) in [6.45, 7) is 0. The maximum absolute atomic E-state index is 11.5. The minimum atomic E-state index is -3.34. The third-order valence-corrected chi connectivity index (χ3v) is 5.37. The molecule has 29 heavy (non-hydrogen) atoms. The molecule has 0 bridgehead atoms. The molecule has 2 aromatic carbocycles. The van der Waals surface area contributed by atoms with Gasteiger partial charge in [-0.1, -0.05) is 18.2 Å². The number of benzene rings is 2. The normalized spacial score (nSPS) is 11.9. The number of hydrogen-bond donors (Lipinski definition) is 3. The number of sulfonamides is 1. The van der Waals surface area contributed by atoms with E-state index in [1.54, 1.807) is 24.7 Å². The van der Waals surface area contributed by atoms with E-state index in [1.165, 1.54) is 0 Å². The Morgan fingerprint density at radius 2 is 1.83 bits per heavy atom. The molecule has 3 heterocycles. The van der Waals surface area contributed by atoms with Crippen LogP contribution in [0.15, 0.2) is 67.3 Å². The summed E-state index contributed by atoms with van der Waals surface area (Å²) in [4.78, 5) is 15.2. The summed E-state index contributed by atoms with van der Waals surface area (Å²) in [6.07, 6.45) is 6.53. The summed E-state index contributed by atoms with van der Waals surface area (Å²) in [6, 6.07) is 15.4. The van der Waals surface area contributed by atoms with E-state index in [4.69, 9.17) is 0 Å². The first-order valence-electron chi connectivity index (χ1n) is 8.95. The van der Waals surface area contributed by atoms with Gasteiger partial charge < -0.3 is 9.97 Å². The summed E-state index contributed by atoms with van der Waals surface area (Å²) < 4.78 is 25.6. The van der Waals surface area contributed by atoms with Crippen molar-refractivity contribution in [3.63, 3.8) is 0 Å². The molecule has 0 aliphatic carbocycles. The molecule has 5 rings (SSSR count). The van der Waals surface area contributed by atoms with Crippen LogP contribution in [0.1, 0.15) is 0 Å². The Morgan fingerprint density at radius 1 is 0.931 bits per heavy atom. The molecule has 7 nitrogen and oxygen atoms in total. The van der Waals surface area contributed by atoms with Crippen molar-refractivity contribution in [2.75, 3.05) is 11.0 Å².